The van der Waals surface area contributed by atoms with E-state index in [-0.39, 0.29) is 47.9 Å². The number of nitrogens with zero attached hydrogens (tertiary/aromatic N) is 4. The zero-order valence-electron chi connectivity index (χ0n) is 27.1. The third-order valence-electron chi connectivity index (χ3n) is 8.17. The minimum atomic E-state index is -3.82. The van der Waals surface area contributed by atoms with Gasteiger partial charge in [-0.3, -0.25) is 18.4 Å². The molecule has 1 saturated carbocycles. The maximum Gasteiger partial charge on any atom is 0.406 e. The first-order valence-corrected chi connectivity index (χ1v) is 18.0. The van der Waals surface area contributed by atoms with Crippen LogP contribution in [0.3, 0.4) is 0 Å². The van der Waals surface area contributed by atoms with Crippen molar-refractivity contribution in [3.63, 3.8) is 0 Å². The number of nitrogen functional groups attached to an aromatic ring is 1. The minimum absolute atomic E-state index is 0.0113. The SMILES string of the molecule is CCOc1nc(N)nc2c1ncn2[C@@H]1O[C@@H]2C(OP(=O)(NCc3ccccc3)OCCSC(=O)C(C)(C)CCNC(=O)OC)C2[C@@H]1C. The molecule has 3 heterocycles. The topological polar surface area (TPSA) is 191 Å². The molecule has 1 aromatic carbocycles. The van der Waals surface area contributed by atoms with Crippen LogP contribution in [0.15, 0.2) is 36.7 Å². The first-order valence-electron chi connectivity index (χ1n) is 15.5. The highest BCUT2D eigenvalue weighted by Crippen LogP contribution is 2.61. The lowest BCUT2D eigenvalue weighted by Gasteiger charge is -2.25. The van der Waals surface area contributed by atoms with Crippen LogP contribution in [0.4, 0.5) is 10.7 Å². The number of thioether (sulfide) groups is 1. The molecule has 6 atom stereocenters. The van der Waals surface area contributed by atoms with Crippen LogP contribution in [0.2, 0.25) is 0 Å². The third kappa shape index (κ3) is 8.24. The molecular formula is C30H42N7O8PS. The van der Waals surface area contributed by atoms with Crippen LogP contribution >= 0.6 is 19.5 Å². The number of nitrogens with one attached hydrogen (secondary N) is 2. The van der Waals surface area contributed by atoms with Crippen LogP contribution in [0.1, 0.15) is 45.9 Å². The average Bonchev–Trinajstić information content (AvgIpc) is 3.33. The zero-order valence-corrected chi connectivity index (χ0v) is 28.8. The largest absolute Gasteiger partial charge is 0.476 e. The van der Waals surface area contributed by atoms with Crippen molar-refractivity contribution >= 4 is 47.8 Å². The Bertz CT molecular complexity index is 1610. The summed E-state index contributed by atoms with van der Waals surface area (Å²) in [5.41, 5.74) is 7.15. The number of alkyl carbamates (subject to hydrolysis) is 1. The number of carbonyl (C=O) groups excluding carboxylic acids is 2. The van der Waals surface area contributed by atoms with E-state index in [1.54, 1.807) is 6.33 Å². The van der Waals surface area contributed by atoms with Crippen molar-refractivity contribution in [3.8, 4) is 5.88 Å². The van der Waals surface area contributed by atoms with E-state index >= 15 is 0 Å². The van der Waals surface area contributed by atoms with Gasteiger partial charge >= 0.3 is 13.8 Å². The van der Waals surface area contributed by atoms with Gasteiger partial charge in [0.25, 0.3) is 0 Å². The molecule has 2 aliphatic rings. The molecule has 1 aliphatic heterocycles. The number of imidazole rings is 1. The lowest BCUT2D eigenvalue weighted by molar-refractivity contribution is -0.118. The summed E-state index contributed by atoms with van der Waals surface area (Å²) in [5, 5.41) is 5.51. The van der Waals surface area contributed by atoms with Gasteiger partial charge in [-0.05, 0) is 18.9 Å². The van der Waals surface area contributed by atoms with Crippen LogP contribution in [-0.4, -0.2) is 75.6 Å². The molecule has 17 heteroatoms. The monoisotopic (exact) mass is 691 g/mol. The normalized spacial score (nSPS) is 23.2. The minimum Gasteiger partial charge on any atom is -0.476 e. The number of aromatic nitrogens is 4. The van der Waals surface area contributed by atoms with Crippen molar-refractivity contribution in [3.05, 3.63) is 42.2 Å². The Morgan fingerprint density at radius 2 is 1.98 bits per heavy atom. The van der Waals surface area contributed by atoms with Crippen molar-refractivity contribution in [1.82, 2.24) is 29.9 Å². The average molecular weight is 692 g/mol. The van der Waals surface area contributed by atoms with Gasteiger partial charge in [0.15, 0.2) is 16.3 Å². The Morgan fingerprint density at radius 1 is 1.21 bits per heavy atom. The molecule has 1 amide bonds. The van der Waals surface area contributed by atoms with E-state index in [0.717, 1.165) is 17.3 Å². The molecule has 4 N–H and O–H groups in total. The summed E-state index contributed by atoms with van der Waals surface area (Å²) in [6, 6.07) is 9.51. The number of anilines is 1. The van der Waals surface area contributed by atoms with Crippen molar-refractivity contribution in [1.29, 1.82) is 0 Å². The van der Waals surface area contributed by atoms with Gasteiger partial charge in [-0.1, -0.05) is 62.9 Å². The van der Waals surface area contributed by atoms with Crippen LogP contribution < -0.4 is 20.9 Å². The molecule has 2 aromatic heterocycles. The van der Waals surface area contributed by atoms with Gasteiger partial charge in [-0.15, -0.1) is 0 Å². The highest BCUT2D eigenvalue weighted by molar-refractivity contribution is 8.13. The quantitative estimate of drug-likeness (QED) is 0.142. The fourth-order valence-electron chi connectivity index (χ4n) is 5.49. The van der Waals surface area contributed by atoms with E-state index in [1.165, 1.54) is 7.11 Å². The Morgan fingerprint density at radius 3 is 2.66 bits per heavy atom. The summed E-state index contributed by atoms with van der Waals surface area (Å²) < 4.78 is 44.4. The van der Waals surface area contributed by atoms with Gasteiger partial charge in [-0.2, -0.15) is 9.97 Å². The highest BCUT2D eigenvalue weighted by atomic mass is 32.2. The van der Waals surface area contributed by atoms with Gasteiger partial charge in [0.1, 0.15) is 12.3 Å². The predicted molar refractivity (Wildman–Crippen MR) is 175 cm³/mol. The summed E-state index contributed by atoms with van der Waals surface area (Å²) in [7, 11) is -2.54. The summed E-state index contributed by atoms with van der Waals surface area (Å²) >= 11 is 1.09. The molecule has 1 aliphatic carbocycles. The number of nitrogens with two attached hydrogens (primary N) is 1. The Kier molecular flexibility index (Phi) is 11.1. The zero-order chi connectivity index (χ0) is 33.8. The van der Waals surface area contributed by atoms with Crippen molar-refractivity contribution in [2.45, 2.75) is 59.1 Å². The fraction of sp³-hybridized carbons (Fsp3) is 0.567. The van der Waals surface area contributed by atoms with Crippen molar-refractivity contribution in [2.75, 3.05) is 38.4 Å². The second-order valence-corrected chi connectivity index (χ2v) is 14.8. The van der Waals surface area contributed by atoms with E-state index in [9.17, 15) is 14.2 Å². The Balaban J connectivity index is 1.19. The van der Waals surface area contributed by atoms with E-state index in [2.05, 4.69) is 30.1 Å². The van der Waals surface area contributed by atoms with E-state index < -0.39 is 31.6 Å². The second-order valence-electron chi connectivity index (χ2n) is 12.0. The Labute approximate surface area is 277 Å². The van der Waals surface area contributed by atoms with E-state index in [4.69, 9.17) is 24.3 Å². The summed E-state index contributed by atoms with van der Waals surface area (Å²) in [6.45, 7) is 8.48. The first-order chi connectivity index (χ1) is 22.5. The smallest absolute Gasteiger partial charge is 0.406 e. The summed E-state index contributed by atoms with van der Waals surface area (Å²) in [4.78, 5) is 37.2. The molecule has 5 rings (SSSR count). The first kappa shape index (κ1) is 35.0. The van der Waals surface area contributed by atoms with Crippen LogP contribution in [0.25, 0.3) is 11.2 Å². The lowest BCUT2D eigenvalue weighted by atomic mass is 9.91. The predicted octanol–water partition coefficient (Wildman–Crippen LogP) is 4.30. The van der Waals surface area contributed by atoms with Gasteiger partial charge in [0.2, 0.25) is 11.8 Å². The molecule has 47 heavy (non-hydrogen) atoms. The van der Waals surface area contributed by atoms with E-state index in [0.29, 0.717) is 36.6 Å². The number of fused-ring (bicyclic) bond motifs is 2. The number of amides is 1. The number of carbonyl (C=O) groups is 2. The number of benzene rings is 1. The van der Waals surface area contributed by atoms with Crippen molar-refractivity contribution in [2.24, 2.45) is 17.3 Å². The maximum absolute atomic E-state index is 14.1. The number of methoxy groups -OCH3 is 1. The third-order valence-corrected chi connectivity index (χ3v) is 10.9. The molecule has 0 spiro atoms. The standard InChI is InChI=1S/C30H42N7O8PS/c1-6-42-25-21-24(35-28(31)36-25)37(17-33-21)26-18(2)20-22(44-26)23(20)45-46(40,34-16-19-10-8-7-9-11-19)43-14-15-47-27(38)30(3,4)12-13-32-29(39)41-5/h7-11,17-18,20,22-23,26H,6,12-16H2,1-5H3,(H,32,39)(H,34,40)(H2,31,35,36)/t18-,20?,22-,23?,26+,46?/m0/s1. The van der Waals surface area contributed by atoms with Gasteiger partial charge < -0.3 is 25.3 Å². The van der Waals surface area contributed by atoms with Gasteiger partial charge in [0.05, 0.1) is 32.8 Å². The fourth-order valence-corrected chi connectivity index (χ4v) is 7.98. The van der Waals surface area contributed by atoms with Gasteiger partial charge in [0, 0.05) is 36.1 Å². The van der Waals surface area contributed by atoms with Crippen LogP contribution in [-0.2, 0) is 34.4 Å². The molecule has 3 aromatic rings. The molecule has 0 radical (unpaired) electrons. The summed E-state index contributed by atoms with van der Waals surface area (Å²) in [5.74, 6) is 0.561. The molecule has 15 nitrogen and oxygen atoms in total. The molecule has 0 bridgehead atoms. The lowest BCUT2D eigenvalue weighted by Crippen LogP contribution is -2.31. The number of hydrogen-bond acceptors (Lipinski definition) is 13. The number of hydrogen-bond donors (Lipinski definition) is 3. The van der Waals surface area contributed by atoms with E-state index in [1.807, 2.05) is 62.6 Å². The second kappa shape index (κ2) is 14.9. The molecular weight excluding hydrogens is 649 g/mol. The van der Waals surface area contributed by atoms with Gasteiger partial charge in [-0.25, -0.2) is 19.4 Å². The molecule has 1 saturated heterocycles. The van der Waals surface area contributed by atoms with Crippen LogP contribution in [0, 0.1) is 17.3 Å². The molecule has 3 unspecified atom stereocenters. The maximum atomic E-state index is 14.1. The molecule has 256 valence electrons. The number of ether oxygens (including phenoxy) is 3. The number of rotatable bonds is 16. The van der Waals surface area contributed by atoms with Crippen LogP contribution in [0.5, 0.6) is 5.88 Å². The Hall–Kier alpha value is -3.27. The highest BCUT2D eigenvalue weighted by Gasteiger charge is 2.65. The van der Waals surface area contributed by atoms with Crippen molar-refractivity contribution < 1.29 is 37.4 Å². The summed E-state index contributed by atoms with van der Waals surface area (Å²) in [6.07, 6.45) is 0.345. The molecule has 2 fully saturated rings.